The molecule has 0 saturated heterocycles. The molecule has 4 nitrogen and oxygen atoms in total. The first-order valence-electron chi connectivity index (χ1n) is 6.52. The summed E-state index contributed by atoms with van der Waals surface area (Å²) < 4.78 is 0. The Kier molecular flexibility index (Phi) is 4.83. The molecular formula is C16H17N3O. The van der Waals surface area contributed by atoms with Gasteiger partial charge < -0.3 is 10.4 Å². The molecule has 0 bridgehead atoms. The first-order chi connectivity index (χ1) is 9.70. The van der Waals surface area contributed by atoms with E-state index in [2.05, 4.69) is 16.4 Å². The number of benzene rings is 1. The second kappa shape index (κ2) is 6.80. The van der Waals surface area contributed by atoms with Gasteiger partial charge in [0.15, 0.2) is 0 Å². The van der Waals surface area contributed by atoms with E-state index in [-0.39, 0.29) is 6.04 Å². The lowest BCUT2D eigenvalue weighted by molar-refractivity contribution is 0.171. The van der Waals surface area contributed by atoms with Crippen LogP contribution in [0, 0.1) is 11.3 Å². The Hall–Kier alpha value is -2.22. The highest BCUT2D eigenvalue weighted by molar-refractivity contribution is 5.32. The van der Waals surface area contributed by atoms with Gasteiger partial charge >= 0.3 is 0 Å². The number of nitrogens with one attached hydrogen (secondary N) is 1. The molecule has 0 amide bonds. The molecule has 0 radical (unpaired) electrons. The Labute approximate surface area is 118 Å². The normalized spacial score (nSPS) is 13.4. The third-order valence-electron chi connectivity index (χ3n) is 3.25. The molecule has 2 atom stereocenters. The van der Waals surface area contributed by atoms with Crippen LogP contribution < -0.4 is 5.32 Å². The van der Waals surface area contributed by atoms with Gasteiger partial charge in [0, 0.05) is 25.0 Å². The minimum absolute atomic E-state index is 0.144. The average Bonchev–Trinajstić information content (AvgIpc) is 2.53. The van der Waals surface area contributed by atoms with Gasteiger partial charge in [-0.25, -0.2) is 0 Å². The summed E-state index contributed by atoms with van der Waals surface area (Å²) >= 11 is 0. The van der Waals surface area contributed by atoms with Crippen LogP contribution in [0.2, 0.25) is 0 Å². The molecule has 102 valence electrons. The fourth-order valence-electron chi connectivity index (χ4n) is 1.96. The van der Waals surface area contributed by atoms with Crippen LogP contribution in [-0.2, 0) is 0 Å². The van der Waals surface area contributed by atoms with Crippen molar-refractivity contribution in [1.29, 1.82) is 5.26 Å². The molecule has 2 rings (SSSR count). The molecule has 2 N–H and O–H groups in total. The van der Waals surface area contributed by atoms with E-state index in [1.807, 2.05) is 19.1 Å². The van der Waals surface area contributed by atoms with Crippen LogP contribution in [0.3, 0.4) is 0 Å². The highest BCUT2D eigenvalue weighted by Gasteiger charge is 2.10. The van der Waals surface area contributed by atoms with Crippen molar-refractivity contribution in [2.45, 2.75) is 19.1 Å². The zero-order valence-corrected chi connectivity index (χ0v) is 11.3. The van der Waals surface area contributed by atoms with E-state index < -0.39 is 6.10 Å². The highest BCUT2D eigenvalue weighted by Crippen LogP contribution is 2.15. The predicted octanol–water partition coefficient (Wildman–Crippen LogP) is 2.34. The third-order valence-corrected chi connectivity index (χ3v) is 3.25. The number of hydrogen-bond acceptors (Lipinski definition) is 4. The fraction of sp³-hybridized carbons (Fsp3) is 0.250. The van der Waals surface area contributed by atoms with Crippen molar-refractivity contribution in [2.75, 3.05) is 6.54 Å². The van der Waals surface area contributed by atoms with E-state index in [0.717, 1.165) is 11.1 Å². The number of aromatic nitrogens is 1. The van der Waals surface area contributed by atoms with Gasteiger partial charge in [0.25, 0.3) is 0 Å². The number of aliphatic hydroxyl groups is 1. The maximum Gasteiger partial charge on any atom is 0.0991 e. The number of aliphatic hydroxyl groups excluding tert-OH is 1. The maximum atomic E-state index is 10.1. The lowest BCUT2D eigenvalue weighted by Crippen LogP contribution is -2.24. The van der Waals surface area contributed by atoms with E-state index in [0.29, 0.717) is 12.1 Å². The van der Waals surface area contributed by atoms with Crippen molar-refractivity contribution < 1.29 is 5.11 Å². The SMILES string of the molecule is C[C@@H](NCC(O)c1ccc(C#N)cc1)c1ccncc1. The van der Waals surface area contributed by atoms with E-state index in [1.165, 1.54) is 0 Å². The third kappa shape index (κ3) is 3.64. The van der Waals surface area contributed by atoms with E-state index in [9.17, 15) is 5.11 Å². The molecule has 0 saturated carbocycles. The average molecular weight is 267 g/mol. The zero-order valence-electron chi connectivity index (χ0n) is 11.3. The summed E-state index contributed by atoms with van der Waals surface area (Å²) in [4.78, 5) is 3.98. The minimum Gasteiger partial charge on any atom is -0.387 e. The van der Waals surface area contributed by atoms with E-state index in [1.54, 1.807) is 36.7 Å². The maximum absolute atomic E-state index is 10.1. The summed E-state index contributed by atoms with van der Waals surface area (Å²) in [5.74, 6) is 0. The number of nitrogens with zero attached hydrogens (tertiary/aromatic N) is 2. The first-order valence-corrected chi connectivity index (χ1v) is 6.52. The molecule has 20 heavy (non-hydrogen) atoms. The van der Waals surface area contributed by atoms with Gasteiger partial charge in [-0.3, -0.25) is 4.98 Å². The number of rotatable bonds is 5. The van der Waals surface area contributed by atoms with Crippen LogP contribution in [0.5, 0.6) is 0 Å². The Morgan fingerprint density at radius 3 is 2.40 bits per heavy atom. The monoisotopic (exact) mass is 267 g/mol. The van der Waals surface area contributed by atoms with Crippen molar-refractivity contribution >= 4 is 0 Å². The van der Waals surface area contributed by atoms with Crippen LogP contribution in [0.25, 0.3) is 0 Å². The molecule has 2 aromatic rings. The molecule has 0 aliphatic carbocycles. The van der Waals surface area contributed by atoms with Crippen molar-refractivity contribution in [3.8, 4) is 6.07 Å². The largest absolute Gasteiger partial charge is 0.387 e. The molecule has 4 heteroatoms. The molecule has 1 aromatic carbocycles. The predicted molar refractivity (Wildman–Crippen MR) is 76.8 cm³/mol. The van der Waals surface area contributed by atoms with Gasteiger partial charge in [0.2, 0.25) is 0 Å². The summed E-state index contributed by atoms with van der Waals surface area (Å²) in [6, 6.07) is 13.1. The van der Waals surface area contributed by atoms with E-state index in [4.69, 9.17) is 5.26 Å². The lowest BCUT2D eigenvalue weighted by atomic mass is 10.1. The Balaban J connectivity index is 1.91. The highest BCUT2D eigenvalue weighted by atomic mass is 16.3. The minimum atomic E-state index is -0.591. The van der Waals surface area contributed by atoms with Crippen molar-refractivity contribution in [3.05, 3.63) is 65.5 Å². The molecule has 0 fully saturated rings. The van der Waals surface area contributed by atoms with Crippen molar-refractivity contribution in [3.63, 3.8) is 0 Å². The van der Waals surface area contributed by atoms with Crippen LogP contribution in [0.1, 0.15) is 35.8 Å². The van der Waals surface area contributed by atoms with Crippen molar-refractivity contribution in [2.24, 2.45) is 0 Å². The Morgan fingerprint density at radius 1 is 1.15 bits per heavy atom. The Bertz CT molecular complexity index is 575. The quantitative estimate of drug-likeness (QED) is 0.872. The van der Waals surface area contributed by atoms with Crippen LogP contribution >= 0.6 is 0 Å². The molecule has 0 aliphatic rings. The summed E-state index contributed by atoms with van der Waals surface area (Å²) in [6.45, 7) is 2.50. The lowest BCUT2D eigenvalue weighted by Gasteiger charge is -2.17. The summed E-state index contributed by atoms with van der Waals surface area (Å²) in [7, 11) is 0. The number of nitriles is 1. The standard InChI is InChI=1S/C16H17N3O/c1-12(14-6-8-18-9-7-14)19-11-16(20)15-4-2-13(10-17)3-5-15/h2-9,12,16,19-20H,11H2,1H3/t12-,16?/m1/s1. The second-order valence-corrected chi connectivity index (χ2v) is 4.66. The zero-order chi connectivity index (χ0) is 14.4. The van der Waals surface area contributed by atoms with Crippen LogP contribution in [0.4, 0.5) is 0 Å². The molecule has 0 spiro atoms. The van der Waals surface area contributed by atoms with Gasteiger partial charge in [-0.15, -0.1) is 0 Å². The second-order valence-electron chi connectivity index (χ2n) is 4.66. The molecule has 0 aliphatic heterocycles. The Morgan fingerprint density at radius 2 is 1.80 bits per heavy atom. The van der Waals surface area contributed by atoms with Crippen LogP contribution in [-0.4, -0.2) is 16.6 Å². The first kappa shape index (κ1) is 14.2. The molecule has 1 heterocycles. The van der Waals surface area contributed by atoms with Gasteiger partial charge in [0.05, 0.1) is 17.7 Å². The summed E-state index contributed by atoms with van der Waals surface area (Å²) in [6.07, 6.45) is 2.92. The number of pyridine rings is 1. The van der Waals surface area contributed by atoms with Crippen LogP contribution in [0.15, 0.2) is 48.8 Å². The topological polar surface area (TPSA) is 68.9 Å². The fourth-order valence-corrected chi connectivity index (χ4v) is 1.96. The van der Waals surface area contributed by atoms with Gasteiger partial charge in [-0.05, 0) is 42.3 Å². The van der Waals surface area contributed by atoms with Gasteiger partial charge in [-0.2, -0.15) is 5.26 Å². The molecular weight excluding hydrogens is 250 g/mol. The molecule has 1 unspecified atom stereocenters. The van der Waals surface area contributed by atoms with E-state index >= 15 is 0 Å². The van der Waals surface area contributed by atoms with Crippen molar-refractivity contribution in [1.82, 2.24) is 10.3 Å². The molecule has 1 aromatic heterocycles. The summed E-state index contributed by atoms with van der Waals surface area (Å²) in [5.41, 5.74) is 2.53. The van der Waals surface area contributed by atoms with Gasteiger partial charge in [0.1, 0.15) is 0 Å². The number of hydrogen-bond donors (Lipinski definition) is 2. The smallest absolute Gasteiger partial charge is 0.0991 e. The summed E-state index contributed by atoms with van der Waals surface area (Å²) in [5, 5.41) is 22.1. The van der Waals surface area contributed by atoms with Gasteiger partial charge in [-0.1, -0.05) is 12.1 Å².